The van der Waals surface area contributed by atoms with Gasteiger partial charge < -0.3 is 15.7 Å². The molecule has 2 aromatic heterocycles. The summed E-state index contributed by atoms with van der Waals surface area (Å²) >= 11 is 0. The predicted octanol–water partition coefficient (Wildman–Crippen LogP) is 3.30. The SMILES string of the molecule is O=C(O)CCNC(=O)/C(=C/c1cn(-c2ccccc2)nc1-c1cccnc1)NC(=O)c1ccccc1. The molecule has 2 amide bonds. The Morgan fingerprint density at radius 2 is 1.67 bits per heavy atom. The first kappa shape index (κ1) is 24.1. The second kappa shape index (κ2) is 11.4. The lowest BCUT2D eigenvalue weighted by atomic mass is 10.1. The van der Waals surface area contributed by atoms with Crippen LogP contribution in [0, 0.1) is 0 Å². The highest BCUT2D eigenvalue weighted by atomic mass is 16.4. The molecule has 0 aliphatic rings. The van der Waals surface area contributed by atoms with E-state index in [1.165, 1.54) is 6.08 Å². The number of nitrogens with one attached hydrogen (secondary N) is 2. The van der Waals surface area contributed by atoms with Crippen molar-refractivity contribution in [2.45, 2.75) is 6.42 Å². The number of carbonyl (C=O) groups excluding carboxylic acids is 2. The second-order valence-corrected chi connectivity index (χ2v) is 7.73. The maximum absolute atomic E-state index is 13.0. The van der Waals surface area contributed by atoms with Gasteiger partial charge in [0.2, 0.25) is 0 Å². The summed E-state index contributed by atoms with van der Waals surface area (Å²) < 4.78 is 1.67. The Labute approximate surface area is 207 Å². The molecule has 2 aromatic carbocycles. The van der Waals surface area contributed by atoms with Gasteiger partial charge in [0, 0.05) is 41.8 Å². The number of carboxylic acids is 1. The number of nitrogens with zero attached hydrogens (tertiary/aromatic N) is 3. The molecule has 0 aliphatic heterocycles. The molecule has 0 spiro atoms. The molecule has 0 fully saturated rings. The van der Waals surface area contributed by atoms with E-state index in [2.05, 4.69) is 15.6 Å². The van der Waals surface area contributed by atoms with E-state index in [-0.39, 0.29) is 18.7 Å². The van der Waals surface area contributed by atoms with Crippen molar-refractivity contribution in [3.8, 4) is 16.9 Å². The van der Waals surface area contributed by atoms with Gasteiger partial charge in [0.05, 0.1) is 12.1 Å². The minimum absolute atomic E-state index is 0.0491. The number of aromatic nitrogens is 3. The van der Waals surface area contributed by atoms with Gasteiger partial charge in [0.15, 0.2) is 0 Å². The van der Waals surface area contributed by atoms with Gasteiger partial charge in [-0.1, -0.05) is 36.4 Å². The number of hydrogen-bond donors (Lipinski definition) is 3. The van der Waals surface area contributed by atoms with Gasteiger partial charge in [-0.05, 0) is 42.5 Å². The van der Waals surface area contributed by atoms with E-state index in [0.717, 1.165) is 11.3 Å². The Morgan fingerprint density at radius 3 is 2.33 bits per heavy atom. The smallest absolute Gasteiger partial charge is 0.305 e. The molecule has 36 heavy (non-hydrogen) atoms. The van der Waals surface area contributed by atoms with Crippen LogP contribution in [0.1, 0.15) is 22.3 Å². The Bertz CT molecular complexity index is 1380. The average molecular weight is 482 g/mol. The molecule has 180 valence electrons. The Kier molecular flexibility index (Phi) is 7.62. The molecule has 0 saturated heterocycles. The van der Waals surface area contributed by atoms with Crippen LogP contribution in [-0.2, 0) is 9.59 Å². The highest BCUT2D eigenvalue weighted by molar-refractivity contribution is 6.05. The first-order chi connectivity index (χ1) is 17.5. The maximum atomic E-state index is 13.0. The number of carboxylic acid groups (broad SMARTS) is 1. The number of benzene rings is 2. The molecule has 2 heterocycles. The molecule has 0 aliphatic carbocycles. The van der Waals surface area contributed by atoms with E-state index in [1.54, 1.807) is 59.7 Å². The predicted molar refractivity (Wildman–Crippen MR) is 134 cm³/mol. The number of hydrogen-bond acceptors (Lipinski definition) is 5. The van der Waals surface area contributed by atoms with Gasteiger partial charge in [0.25, 0.3) is 11.8 Å². The minimum atomic E-state index is -1.04. The van der Waals surface area contributed by atoms with Gasteiger partial charge in [-0.25, -0.2) is 4.68 Å². The standard InChI is InChI=1S/C27H23N5O4/c33-24(34)13-15-29-27(36)23(30-26(35)19-8-3-1-4-9-19)16-21-18-32(22-11-5-2-6-12-22)31-25(21)20-10-7-14-28-17-20/h1-12,14,16-18H,13,15H2,(H,29,36)(H,30,35)(H,33,34)/b23-16-. The van der Waals surface area contributed by atoms with Crippen molar-refractivity contribution in [1.82, 2.24) is 25.4 Å². The van der Waals surface area contributed by atoms with Crippen molar-refractivity contribution < 1.29 is 19.5 Å². The van der Waals surface area contributed by atoms with Crippen molar-refractivity contribution >= 4 is 23.9 Å². The zero-order chi connectivity index (χ0) is 25.3. The van der Waals surface area contributed by atoms with Gasteiger partial charge >= 0.3 is 5.97 Å². The van der Waals surface area contributed by atoms with E-state index in [9.17, 15) is 14.4 Å². The fourth-order valence-electron chi connectivity index (χ4n) is 3.41. The summed E-state index contributed by atoms with van der Waals surface area (Å²) in [6.07, 6.45) is 6.32. The van der Waals surface area contributed by atoms with Gasteiger partial charge in [-0.15, -0.1) is 0 Å². The lowest BCUT2D eigenvalue weighted by Crippen LogP contribution is -2.35. The van der Waals surface area contributed by atoms with Crippen molar-refractivity contribution in [2.75, 3.05) is 6.54 Å². The Hall–Kier alpha value is -5.05. The number of para-hydroxylation sites is 1. The molecule has 3 N–H and O–H groups in total. The number of amides is 2. The van der Waals surface area contributed by atoms with Crippen LogP contribution in [-0.4, -0.2) is 44.2 Å². The van der Waals surface area contributed by atoms with Gasteiger partial charge in [-0.2, -0.15) is 5.10 Å². The van der Waals surface area contributed by atoms with E-state index in [0.29, 0.717) is 16.8 Å². The molecule has 0 radical (unpaired) electrons. The molecule has 0 bridgehead atoms. The van der Waals surface area contributed by atoms with Crippen molar-refractivity contribution in [3.05, 3.63) is 108 Å². The van der Waals surface area contributed by atoms with Crippen LogP contribution >= 0.6 is 0 Å². The minimum Gasteiger partial charge on any atom is -0.481 e. The third kappa shape index (κ3) is 6.09. The molecule has 9 nitrogen and oxygen atoms in total. The van der Waals surface area contributed by atoms with E-state index in [1.807, 2.05) is 36.4 Å². The lowest BCUT2D eigenvalue weighted by Gasteiger charge is -2.11. The molecule has 0 saturated carbocycles. The Balaban J connectivity index is 1.75. The summed E-state index contributed by atoms with van der Waals surface area (Å²) in [5.74, 6) is -2.14. The summed E-state index contributed by atoms with van der Waals surface area (Å²) in [5, 5.41) is 18.8. The van der Waals surface area contributed by atoms with Crippen LogP contribution < -0.4 is 10.6 Å². The van der Waals surface area contributed by atoms with Crippen LogP contribution in [0.3, 0.4) is 0 Å². The highest BCUT2D eigenvalue weighted by Crippen LogP contribution is 2.25. The van der Waals surface area contributed by atoms with Crippen LogP contribution in [0.2, 0.25) is 0 Å². The quantitative estimate of drug-likeness (QED) is 0.315. The topological polar surface area (TPSA) is 126 Å². The number of rotatable bonds is 9. The second-order valence-electron chi connectivity index (χ2n) is 7.73. The third-order valence-corrected chi connectivity index (χ3v) is 5.15. The van der Waals surface area contributed by atoms with Crippen molar-refractivity contribution in [3.63, 3.8) is 0 Å². The van der Waals surface area contributed by atoms with Crippen molar-refractivity contribution in [1.29, 1.82) is 0 Å². The van der Waals surface area contributed by atoms with Crippen LogP contribution in [0.4, 0.5) is 0 Å². The molecule has 4 aromatic rings. The first-order valence-corrected chi connectivity index (χ1v) is 11.1. The monoisotopic (exact) mass is 481 g/mol. The number of carbonyl (C=O) groups is 3. The number of pyridine rings is 1. The largest absolute Gasteiger partial charge is 0.481 e. The summed E-state index contributed by atoms with van der Waals surface area (Å²) in [5.41, 5.74) is 2.96. The number of aliphatic carboxylic acids is 1. The first-order valence-electron chi connectivity index (χ1n) is 11.1. The van der Waals surface area contributed by atoms with E-state index in [4.69, 9.17) is 10.2 Å². The van der Waals surface area contributed by atoms with Crippen molar-refractivity contribution in [2.24, 2.45) is 0 Å². The molecule has 9 heteroatoms. The zero-order valence-corrected chi connectivity index (χ0v) is 19.2. The van der Waals surface area contributed by atoms with E-state index >= 15 is 0 Å². The fourth-order valence-corrected chi connectivity index (χ4v) is 3.41. The summed E-state index contributed by atoms with van der Waals surface area (Å²) in [6.45, 7) is -0.0918. The summed E-state index contributed by atoms with van der Waals surface area (Å²) in [7, 11) is 0. The Morgan fingerprint density at radius 1 is 0.944 bits per heavy atom. The molecule has 0 atom stereocenters. The highest BCUT2D eigenvalue weighted by Gasteiger charge is 2.18. The van der Waals surface area contributed by atoms with Crippen LogP contribution in [0.25, 0.3) is 23.0 Å². The van der Waals surface area contributed by atoms with Crippen LogP contribution in [0.5, 0.6) is 0 Å². The van der Waals surface area contributed by atoms with Gasteiger partial charge in [-0.3, -0.25) is 19.4 Å². The molecular weight excluding hydrogens is 458 g/mol. The molecule has 4 rings (SSSR count). The summed E-state index contributed by atoms with van der Waals surface area (Å²) in [6, 6.07) is 21.6. The summed E-state index contributed by atoms with van der Waals surface area (Å²) in [4.78, 5) is 40.9. The van der Waals surface area contributed by atoms with Crippen LogP contribution in [0.15, 0.2) is 97.1 Å². The zero-order valence-electron chi connectivity index (χ0n) is 19.2. The lowest BCUT2D eigenvalue weighted by molar-refractivity contribution is -0.136. The average Bonchev–Trinajstić information content (AvgIpc) is 3.33. The third-order valence-electron chi connectivity index (χ3n) is 5.15. The molecular formula is C27H23N5O4. The fraction of sp³-hybridized carbons (Fsp3) is 0.0741. The maximum Gasteiger partial charge on any atom is 0.305 e. The molecule has 0 unspecified atom stereocenters. The van der Waals surface area contributed by atoms with E-state index < -0.39 is 17.8 Å². The van der Waals surface area contributed by atoms with Gasteiger partial charge in [0.1, 0.15) is 11.4 Å². The normalized spacial score (nSPS) is 11.1.